The molecule has 1 N–H and O–H groups in total. The van der Waals surface area contributed by atoms with Crippen molar-refractivity contribution in [2.45, 2.75) is 33.1 Å². The molecule has 1 aliphatic heterocycles. The molecule has 0 aromatic heterocycles. The van der Waals surface area contributed by atoms with Crippen molar-refractivity contribution in [1.29, 1.82) is 0 Å². The highest BCUT2D eigenvalue weighted by atomic mass is 14.8. The van der Waals surface area contributed by atoms with Gasteiger partial charge in [-0.1, -0.05) is 30.4 Å². The lowest BCUT2D eigenvalue weighted by atomic mass is 9.96. The zero-order valence-electron chi connectivity index (χ0n) is 11.0. The Balaban J connectivity index is 2.08. The summed E-state index contributed by atoms with van der Waals surface area (Å²) in [7, 11) is 0. The van der Waals surface area contributed by atoms with E-state index in [0.717, 1.165) is 5.92 Å². The van der Waals surface area contributed by atoms with E-state index in [1.54, 1.807) is 0 Å². The van der Waals surface area contributed by atoms with E-state index in [0.29, 0.717) is 0 Å². The molecule has 1 saturated heterocycles. The Labute approximate surface area is 105 Å². The molecular weight excluding hydrogens is 206 g/mol. The molecule has 0 aliphatic carbocycles. The first-order valence-electron chi connectivity index (χ1n) is 6.72. The highest BCUT2D eigenvalue weighted by Crippen LogP contribution is 2.20. The SMILES string of the molecule is Cc1cccc(C)c1C=CC1CCCNCC1. The third kappa shape index (κ3) is 3.44. The summed E-state index contributed by atoms with van der Waals surface area (Å²) in [6, 6.07) is 6.53. The highest BCUT2D eigenvalue weighted by Gasteiger charge is 2.08. The monoisotopic (exact) mass is 229 g/mol. The zero-order chi connectivity index (χ0) is 12.1. The van der Waals surface area contributed by atoms with Crippen molar-refractivity contribution in [3.8, 4) is 0 Å². The zero-order valence-corrected chi connectivity index (χ0v) is 11.0. The molecule has 92 valence electrons. The van der Waals surface area contributed by atoms with Crippen LogP contribution < -0.4 is 5.32 Å². The maximum Gasteiger partial charge on any atom is -0.00433 e. The number of allylic oxidation sites excluding steroid dienone is 1. The minimum Gasteiger partial charge on any atom is -0.317 e. The van der Waals surface area contributed by atoms with Gasteiger partial charge in [-0.3, -0.25) is 0 Å². The van der Waals surface area contributed by atoms with Gasteiger partial charge in [-0.15, -0.1) is 0 Å². The largest absolute Gasteiger partial charge is 0.317 e. The summed E-state index contributed by atoms with van der Waals surface area (Å²) in [5.41, 5.74) is 4.17. The molecule has 1 aromatic rings. The van der Waals surface area contributed by atoms with E-state index in [-0.39, 0.29) is 0 Å². The first-order chi connectivity index (χ1) is 8.27. The number of hydrogen-bond donors (Lipinski definition) is 1. The maximum absolute atomic E-state index is 3.46. The number of hydrogen-bond acceptors (Lipinski definition) is 1. The second-order valence-corrected chi connectivity index (χ2v) is 5.11. The predicted molar refractivity (Wildman–Crippen MR) is 75.2 cm³/mol. The fraction of sp³-hybridized carbons (Fsp3) is 0.500. The summed E-state index contributed by atoms with van der Waals surface area (Å²) in [5.74, 6) is 0.754. The molecule has 1 atom stereocenters. The highest BCUT2D eigenvalue weighted by molar-refractivity contribution is 5.57. The average molecular weight is 229 g/mol. The molecule has 1 aromatic carbocycles. The smallest absolute Gasteiger partial charge is 0.00433 e. The average Bonchev–Trinajstić information content (AvgIpc) is 2.57. The van der Waals surface area contributed by atoms with Gasteiger partial charge in [0, 0.05) is 0 Å². The molecule has 1 unspecified atom stereocenters. The van der Waals surface area contributed by atoms with Crippen LogP contribution >= 0.6 is 0 Å². The van der Waals surface area contributed by atoms with E-state index < -0.39 is 0 Å². The fourth-order valence-corrected chi connectivity index (χ4v) is 2.56. The molecule has 0 radical (unpaired) electrons. The Hall–Kier alpha value is -1.08. The van der Waals surface area contributed by atoms with Gasteiger partial charge in [-0.25, -0.2) is 0 Å². The van der Waals surface area contributed by atoms with Gasteiger partial charge in [0.1, 0.15) is 0 Å². The van der Waals surface area contributed by atoms with Crippen molar-refractivity contribution in [2.24, 2.45) is 5.92 Å². The van der Waals surface area contributed by atoms with Gasteiger partial charge in [-0.2, -0.15) is 0 Å². The van der Waals surface area contributed by atoms with Crippen molar-refractivity contribution in [3.63, 3.8) is 0 Å². The molecule has 1 aliphatic rings. The molecule has 1 nitrogen and oxygen atoms in total. The minimum absolute atomic E-state index is 0.754. The van der Waals surface area contributed by atoms with E-state index in [1.807, 2.05) is 0 Å². The minimum atomic E-state index is 0.754. The van der Waals surface area contributed by atoms with Crippen LogP contribution in [-0.4, -0.2) is 13.1 Å². The summed E-state index contributed by atoms with van der Waals surface area (Å²) in [6.45, 7) is 6.75. The van der Waals surface area contributed by atoms with Crippen LogP contribution in [0.5, 0.6) is 0 Å². The number of benzene rings is 1. The van der Waals surface area contributed by atoms with Crippen LogP contribution in [0.25, 0.3) is 6.08 Å². The Bertz CT molecular complexity index is 364. The van der Waals surface area contributed by atoms with Crippen molar-refractivity contribution >= 4 is 6.08 Å². The summed E-state index contributed by atoms with van der Waals surface area (Å²) in [5, 5.41) is 3.46. The molecule has 0 amide bonds. The fourth-order valence-electron chi connectivity index (χ4n) is 2.56. The van der Waals surface area contributed by atoms with Crippen molar-refractivity contribution in [2.75, 3.05) is 13.1 Å². The van der Waals surface area contributed by atoms with E-state index in [2.05, 4.69) is 49.5 Å². The molecule has 0 saturated carbocycles. The summed E-state index contributed by atoms with van der Waals surface area (Å²) >= 11 is 0. The first-order valence-corrected chi connectivity index (χ1v) is 6.72. The Morgan fingerprint density at radius 2 is 1.88 bits per heavy atom. The Kier molecular flexibility index (Phi) is 4.38. The summed E-state index contributed by atoms with van der Waals surface area (Å²) in [6.07, 6.45) is 8.67. The van der Waals surface area contributed by atoms with Crippen LogP contribution in [0.3, 0.4) is 0 Å². The van der Waals surface area contributed by atoms with Gasteiger partial charge in [0.05, 0.1) is 0 Å². The van der Waals surface area contributed by atoms with Crippen molar-refractivity contribution < 1.29 is 0 Å². The van der Waals surface area contributed by atoms with Gasteiger partial charge in [0.25, 0.3) is 0 Å². The van der Waals surface area contributed by atoms with Gasteiger partial charge in [0.2, 0.25) is 0 Å². The van der Waals surface area contributed by atoms with Crippen LogP contribution in [0.1, 0.15) is 36.0 Å². The summed E-state index contributed by atoms with van der Waals surface area (Å²) in [4.78, 5) is 0. The van der Waals surface area contributed by atoms with E-state index in [9.17, 15) is 0 Å². The Morgan fingerprint density at radius 3 is 2.65 bits per heavy atom. The summed E-state index contributed by atoms with van der Waals surface area (Å²) < 4.78 is 0. The van der Waals surface area contributed by atoms with Gasteiger partial charge in [0.15, 0.2) is 0 Å². The van der Waals surface area contributed by atoms with Crippen LogP contribution in [0, 0.1) is 19.8 Å². The number of aryl methyl sites for hydroxylation is 2. The molecule has 0 spiro atoms. The first kappa shape index (κ1) is 12.4. The lowest BCUT2D eigenvalue weighted by Gasteiger charge is -2.09. The normalized spacial score (nSPS) is 21.6. The molecular formula is C16H23N. The Morgan fingerprint density at radius 1 is 1.12 bits per heavy atom. The third-order valence-corrected chi connectivity index (χ3v) is 3.70. The van der Waals surface area contributed by atoms with Crippen LogP contribution in [-0.2, 0) is 0 Å². The molecule has 1 heterocycles. The third-order valence-electron chi connectivity index (χ3n) is 3.70. The quantitative estimate of drug-likeness (QED) is 0.815. The number of rotatable bonds is 2. The predicted octanol–water partition coefficient (Wildman–Crippen LogP) is 3.71. The van der Waals surface area contributed by atoms with E-state index in [4.69, 9.17) is 0 Å². The van der Waals surface area contributed by atoms with Crippen molar-refractivity contribution in [1.82, 2.24) is 5.32 Å². The lowest BCUT2D eigenvalue weighted by Crippen LogP contribution is -2.13. The van der Waals surface area contributed by atoms with Crippen LogP contribution in [0.15, 0.2) is 24.3 Å². The van der Waals surface area contributed by atoms with Gasteiger partial charge < -0.3 is 5.32 Å². The maximum atomic E-state index is 3.46. The molecule has 1 heteroatoms. The molecule has 0 bridgehead atoms. The second kappa shape index (κ2) is 6.02. The standard InChI is InChI=1S/C16H23N/c1-13-5-3-6-14(2)16(13)9-8-15-7-4-11-17-12-10-15/h3,5-6,8-9,15,17H,4,7,10-12H2,1-2H3. The van der Waals surface area contributed by atoms with Gasteiger partial charge in [-0.05, 0) is 68.8 Å². The van der Waals surface area contributed by atoms with Crippen LogP contribution in [0.4, 0.5) is 0 Å². The van der Waals surface area contributed by atoms with E-state index >= 15 is 0 Å². The van der Waals surface area contributed by atoms with Gasteiger partial charge >= 0.3 is 0 Å². The molecule has 1 fully saturated rings. The van der Waals surface area contributed by atoms with Crippen molar-refractivity contribution in [3.05, 3.63) is 41.0 Å². The van der Waals surface area contributed by atoms with Crippen LogP contribution in [0.2, 0.25) is 0 Å². The van der Waals surface area contributed by atoms with E-state index in [1.165, 1.54) is 49.0 Å². The molecule has 2 rings (SSSR count). The lowest BCUT2D eigenvalue weighted by molar-refractivity contribution is 0.578. The molecule has 17 heavy (non-hydrogen) atoms. The second-order valence-electron chi connectivity index (χ2n) is 5.11. The number of nitrogens with one attached hydrogen (secondary N) is 1. The topological polar surface area (TPSA) is 12.0 Å².